The van der Waals surface area contributed by atoms with Crippen LogP contribution in [-0.2, 0) is 4.74 Å². The normalized spacial score (nSPS) is 13.8. The van der Waals surface area contributed by atoms with Crippen LogP contribution in [0.15, 0.2) is 70.5 Å². The van der Waals surface area contributed by atoms with Gasteiger partial charge in [0.05, 0.1) is 12.7 Å². The molecule has 0 bridgehead atoms. The Kier molecular flexibility index (Phi) is 3.81. The lowest BCUT2D eigenvalue weighted by atomic mass is 9.95. The molecule has 1 aliphatic rings. The molecule has 0 atom stereocenters. The zero-order valence-electron chi connectivity index (χ0n) is 11.5. The van der Waals surface area contributed by atoms with Crippen LogP contribution in [-0.4, -0.2) is 7.11 Å². The van der Waals surface area contributed by atoms with E-state index in [9.17, 15) is 5.26 Å². The fourth-order valence-electron chi connectivity index (χ4n) is 2.38. The van der Waals surface area contributed by atoms with E-state index in [-0.39, 0.29) is 0 Å². The van der Waals surface area contributed by atoms with E-state index in [2.05, 4.69) is 6.07 Å². The Bertz CT molecular complexity index is 769. The molecule has 1 aliphatic heterocycles. The third kappa shape index (κ3) is 2.46. The summed E-state index contributed by atoms with van der Waals surface area (Å²) in [5.41, 5.74) is 3.47. The molecule has 0 saturated heterocycles. The van der Waals surface area contributed by atoms with E-state index >= 15 is 0 Å². The van der Waals surface area contributed by atoms with Gasteiger partial charge in [-0.1, -0.05) is 60.3 Å². The number of allylic oxidation sites excluding steroid dienone is 2. The quantitative estimate of drug-likeness (QED) is 0.803. The summed E-state index contributed by atoms with van der Waals surface area (Å²) in [4.78, 5) is 1.09. The summed E-state index contributed by atoms with van der Waals surface area (Å²) in [6.45, 7) is 0. The molecule has 21 heavy (non-hydrogen) atoms. The number of rotatable bonds is 2. The van der Waals surface area contributed by atoms with Gasteiger partial charge in [-0.15, -0.1) is 0 Å². The van der Waals surface area contributed by atoms with E-state index in [4.69, 9.17) is 4.74 Å². The molecule has 0 radical (unpaired) electrons. The second-order valence-electron chi connectivity index (χ2n) is 4.53. The van der Waals surface area contributed by atoms with Gasteiger partial charge in [0.1, 0.15) is 11.8 Å². The van der Waals surface area contributed by atoms with Crippen molar-refractivity contribution in [1.82, 2.24) is 0 Å². The number of hydrogen-bond donors (Lipinski definition) is 0. The highest BCUT2D eigenvalue weighted by molar-refractivity contribution is 8.02. The Labute approximate surface area is 128 Å². The van der Waals surface area contributed by atoms with Gasteiger partial charge in [0.2, 0.25) is 0 Å². The first kappa shape index (κ1) is 13.5. The fraction of sp³-hybridized carbons (Fsp3) is 0.0556. The molecular formula is C18H13NOS. The monoisotopic (exact) mass is 291 g/mol. The van der Waals surface area contributed by atoms with E-state index in [1.807, 2.05) is 60.0 Å². The van der Waals surface area contributed by atoms with Crippen LogP contribution in [0.2, 0.25) is 0 Å². The number of nitriles is 1. The predicted molar refractivity (Wildman–Crippen MR) is 86.3 cm³/mol. The zero-order valence-corrected chi connectivity index (χ0v) is 12.4. The number of methoxy groups -OCH3 is 1. The lowest BCUT2D eigenvalue weighted by Gasteiger charge is -2.14. The van der Waals surface area contributed by atoms with Gasteiger partial charge in [-0.2, -0.15) is 5.26 Å². The van der Waals surface area contributed by atoms with Crippen molar-refractivity contribution in [2.75, 3.05) is 7.11 Å². The van der Waals surface area contributed by atoms with Crippen LogP contribution in [0.3, 0.4) is 0 Å². The molecular weight excluding hydrogens is 278 g/mol. The second kappa shape index (κ2) is 5.90. The summed E-state index contributed by atoms with van der Waals surface area (Å²) in [6.07, 6.45) is 0. The van der Waals surface area contributed by atoms with Crippen LogP contribution < -0.4 is 0 Å². The summed E-state index contributed by atoms with van der Waals surface area (Å²) < 4.78 is 5.67. The van der Waals surface area contributed by atoms with Gasteiger partial charge >= 0.3 is 0 Å². The first-order valence-corrected chi connectivity index (χ1v) is 7.43. The smallest absolute Gasteiger partial charge is 0.136 e. The van der Waals surface area contributed by atoms with E-state index in [1.54, 1.807) is 18.9 Å². The van der Waals surface area contributed by atoms with Crippen molar-refractivity contribution in [2.45, 2.75) is 4.90 Å². The third-order valence-electron chi connectivity index (χ3n) is 3.32. The Hall–Kier alpha value is -2.44. The van der Waals surface area contributed by atoms with Crippen LogP contribution >= 0.6 is 11.8 Å². The summed E-state index contributed by atoms with van der Waals surface area (Å²) >= 11 is 1.55. The zero-order chi connectivity index (χ0) is 14.7. The maximum absolute atomic E-state index is 9.52. The van der Waals surface area contributed by atoms with Crippen molar-refractivity contribution in [3.8, 4) is 6.07 Å². The minimum atomic E-state index is 0.624. The van der Waals surface area contributed by atoms with Crippen LogP contribution in [0.25, 0.3) is 11.3 Å². The highest BCUT2D eigenvalue weighted by Crippen LogP contribution is 2.41. The number of hydrogen-bond acceptors (Lipinski definition) is 3. The van der Waals surface area contributed by atoms with Crippen LogP contribution in [0.4, 0.5) is 0 Å². The molecule has 2 aromatic rings. The number of ether oxygens (including phenoxy) is 1. The molecule has 102 valence electrons. The van der Waals surface area contributed by atoms with Gasteiger partial charge in [-0.05, 0) is 17.0 Å². The molecule has 0 spiro atoms. The Balaban J connectivity index is 2.33. The number of thioether (sulfide) groups is 1. The summed E-state index contributed by atoms with van der Waals surface area (Å²) in [5, 5.41) is 11.4. The first-order chi connectivity index (χ1) is 10.3. The second-order valence-corrected chi connectivity index (χ2v) is 5.44. The van der Waals surface area contributed by atoms with Gasteiger partial charge in [0.25, 0.3) is 0 Å². The van der Waals surface area contributed by atoms with E-state index in [0.29, 0.717) is 5.57 Å². The molecule has 2 aromatic carbocycles. The standard InChI is InChI=1S/C18H13NOS/c1-20-18-15-9-5-6-10-16(15)21-12-14(11-19)17(18)13-7-3-2-4-8-13/h2-10,12H,1H3. The first-order valence-electron chi connectivity index (χ1n) is 6.55. The Morgan fingerprint density at radius 1 is 1.00 bits per heavy atom. The van der Waals surface area contributed by atoms with Crippen molar-refractivity contribution in [3.05, 3.63) is 76.7 Å². The molecule has 0 fully saturated rings. The molecule has 0 aliphatic carbocycles. The summed E-state index contributed by atoms with van der Waals surface area (Å²) in [6, 6.07) is 20.2. The number of nitrogens with zero attached hydrogens (tertiary/aromatic N) is 1. The summed E-state index contributed by atoms with van der Waals surface area (Å²) in [7, 11) is 1.65. The van der Waals surface area contributed by atoms with Crippen molar-refractivity contribution in [1.29, 1.82) is 5.26 Å². The topological polar surface area (TPSA) is 33.0 Å². The molecule has 1 heterocycles. The average Bonchev–Trinajstić information content (AvgIpc) is 2.71. The average molecular weight is 291 g/mol. The summed E-state index contributed by atoms with van der Waals surface area (Å²) in [5.74, 6) is 0.745. The minimum absolute atomic E-state index is 0.624. The van der Waals surface area contributed by atoms with Gasteiger partial charge in [-0.25, -0.2) is 0 Å². The van der Waals surface area contributed by atoms with Gasteiger partial charge in [0, 0.05) is 16.0 Å². The maximum atomic E-state index is 9.52. The number of benzene rings is 2. The molecule has 3 heteroatoms. The van der Waals surface area contributed by atoms with Gasteiger partial charge in [-0.3, -0.25) is 0 Å². The lowest BCUT2D eigenvalue weighted by molar-refractivity contribution is 0.370. The molecule has 0 saturated carbocycles. The van der Waals surface area contributed by atoms with Crippen molar-refractivity contribution >= 4 is 23.1 Å². The SMILES string of the molecule is COC1=C(c2ccccc2)C(C#N)=CSc2ccccc21. The lowest BCUT2D eigenvalue weighted by Crippen LogP contribution is -1.96. The van der Waals surface area contributed by atoms with Crippen molar-refractivity contribution in [2.24, 2.45) is 0 Å². The highest BCUT2D eigenvalue weighted by atomic mass is 32.2. The molecule has 3 rings (SSSR count). The molecule has 2 nitrogen and oxygen atoms in total. The van der Waals surface area contributed by atoms with E-state index in [0.717, 1.165) is 27.4 Å². The molecule has 0 aromatic heterocycles. The van der Waals surface area contributed by atoms with Crippen LogP contribution in [0.1, 0.15) is 11.1 Å². The highest BCUT2D eigenvalue weighted by Gasteiger charge is 2.21. The van der Waals surface area contributed by atoms with E-state index < -0.39 is 0 Å². The number of fused-ring (bicyclic) bond motifs is 1. The third-order valence-corrected chi connectivity index (χ3v) is 4.28. The Morgan fingerprint density at radius 2 is 1.71 bits per heavy atom. The van der Waals surface area contributed by atoms with Crippen LogP contribution in [0.5, 0.6) is 0 Å². The largest absolute Gasteiger partial charge is 0.495 e. The van der Waals surface area contributed by atoms with Crippen molar-refractivity contribution in [3.63, 3.8) is 0 Å². The van der Waals surface area contributed by atoms with E-state index in [1.165, 1.54) is 0 Å². The maximum Gasteiger partial charge on any atom is 0.136 e. The molecule has 0 amide bonds. The molecule has 0 N–H and O–H groups in total. The van der Waals surface area contributed by atoms with Gasteiger partial charge in [0.15, 0.2) is 0 Å². The Morgan fingerprint density at radius 3 is 2.43 bits per heavy atom. The van der Waals surface area contributed by atoms with Gasteiger partial charge < -0.3 is 4.74 Å². The predicted octanol–water partition coefficient (Wildman–Crippen LogP) is 4.71. The van der Waals surface area contributed by atoms with Crippen LogP contribution in [0, 0.1) is 11.3 Å². The fourth-order valence-corrected chi connectivity index (χ4v) is 3.24. The minimum Gasteiger partial charge on any atom is -0.495 e. The van der Waals surface area contributed by atoms with Crippen molar-refractivity contribution < 1.29 is 4.74 Å². The molecule has 0 unspecified atom stereocenters.